The summed E-state index contributed by atoms with van der Waals surface area (Å²) in [6, 6.07) is 14.0. The molecule has 0 fully saturated rings. The second-order valence-electron chi connectivity index (χ2n) is 7.22. The molecule has 1 amide bonds. The van der Waals surface area contributed by atoms with Gasteiger partial charge in [-0.2, -0.15) is 0 Å². The maximum Gasteiger partial charge on any atom is 0.263 e. The van der Waals surface area contributed by atoms with Crippen LogP contribution in [-0.4, -0.2) is 36.1 Å². The predicted molar refractivity (Wildman–Crippen MR) is 125 cm³/mol. The number of para-hydroxylation sites is 1. The van der Waals surface area contributed by atoms with E-state index < -0.39 is 5.25 Å². The lowest BCUT2D eigenvalue weighted by molar-refractivity contribution is -0.115. The number of carbonyl (C=O) groups is 2. The van der Waals surface area contributed by atoms with E-state index in [-0.39, 0.29) is 17.2 Å². The highest BCUT2D eigenvalue weighted by Crippen LogP contribution is 2.26. The van der Waals surface area contributed by atoms with Crippen LogP contribution in [0.5, 0.6) is 0 Å². The lowest BCUT2D eigenvalue weighted by Gasteiger charge is -2.13. The van der Waals surface area contributed by atoms with Gasteiger partial charge in [-0.25, -0.2) is 0 Å². The van der Waals surface area contributed by atoms with E-state index in [9.17, 15) is 14.4 Å². The highest BCUT2D eigenvalue weighted by Gasteiger charge is 2.21. The fourth-order valence-electron chi connectivity index (χ4n) is 3.35. The predicted octanol–water partition coefficient (Wildman–Crippen LogP) is 3.55. The van der Waals surface area contributed by atoms with E-state index in [2.05, 4.69) is 22.1 Å². The average Bonchev–Trinajstić information content (AvgIpc) is 3.20. The number of allylic oxidation sites excluding steroid dienone is 1. The number of aromatic nitrogens is 4. The van der Waals surface area contributed by atoms with Crippen molar-refractivity contribution in [3.63, 3.8) is 0 Å². The van der Waals surface area contributed by atoms with Crippen LogP contribution < -0.4 is 10.9 Å². The van der Waals surface area contributed by atoms with Gasteiger partial charge in [0.1, 0.15) is 0 Å². The van der Waals surface area contributed by atoms with Crippen molar-refractivity contribution < 1.29 is 9.59 Å². The van der Waals surface area contributed by atoms with Crippen LogP contribution in [-0.2, 0) is 11.3 Å². The summed E-state index contributed by atoms with van der Waals surface area (Å²) in [5, 5.41) is 11.9. The van der Waals surface area contributed by atoms with Crippen LogP contribution >= 0.6 is 11.8 Å². The average molecular weight is 448 g/mol. The standard InChI is InChI=1S/C23H21N5O3S/c1-4-13-27-21(31)18-7-5-6-8-19(18)28-22(27)25-26-23(28)32-15(3)20(30)24-17-11-9-16(10-12-17)14(2)29/h4-12,15H,1,13H2,2-3H3,(H,24,30). The molecule has 1 N–H and O–H groups in total. The number of nitrogens with zero attached hydrogens (tertiary/aromatic N) is 4. The van der Waals surface area contributed by atoms with Gasteiger partial charge in [0, 0.05) is 17.8 Å². The number of ketones is 1. The molecule has 9 heteroatoms. The Morgan fingerprint density at radius 2 is 1.88 bits per heavy atom. The molecule has 0 radical (unpaired) electrons. The van der Waals surface area contributed by atoms with Crippen LogP contribution in [0.3, 0.4) is 0 Å². The molecule has 0 aliphatic heterocycles. The monoisotopic (exact) mass is 447 g/mol. The molecule has 0 aliphatic rings. The van der Waals surface area contributed by atoms with Crippen molar-refractivity contribution in [2.45, 2.75) is 30.8 Å². The minimum absolute atomic E-state index is 0.0346. The molecule has 1 unspecified atom stereocenters. The Bertz CT molecular complexity index is 1410. The molecule has 162 valence electrons. The molecule has 2 aromatic carbocycles. The molecule has 0 saturated heterocycles. The number of carbonyl (C=O) groups excluding carboxylic acids is 2. The van der Waals surface area contributed by atoms with Crippen LogP contribution in [0.15, 0.2) is 71.1 Å². The number of benzene rings is 2. The fourth-order valence-corrected chi connectivity index (χ4v) is 4.20. The van der Waals surface area contributed by atoms with Crippen molar-refractivity contribution in [2.75, 3.05) is 5.32 Å². The zero-order valence-electron chi connectivity index (χ0n) is 17.6. The number of nitrogens with one attached hydrogen (secondary N) is 1. The summed E-state index contributed by atoms with van der Waals surface area (Å²) < 4.78 is 3.30. The fraction of sp³-hybridized carbons (Fsp3) is 0.174. The third-order valence-electron chi connectivity index (χ3n) is 5.00. The second-order valence-corrected chi connectivity index (χ2v) is 8.53. The van der Waals surface area contributed by atoms with E-state index >= 15 is 0 Å². The molecule has 2 aromatic heterocycles. The number of amides is 1. The molecule has 2 heterocycles. The van der Waals surface area contributed by atoms with Crippen molar-refractivity contribution in [1.29, 1.82) is 0 Å². The third kappa shape index (κ3) is 3.94. The van der Waals surface area contributed by atoms with Gasteiger partial charge in [-0.05, 0) is 50.2 Å². The van der Waals surface area contributed by atoms with E-state index in [0.29, 0.717) is 39.6 Å². The first-order chi connectivity index (χ1) is 15.4. The van der Waals surface area contributed by atoms with E-state index in [1.165, 1.54) is 23.3 Å². The lowest BCUT2D eigenvalue weighted by atomic mass is 10.1. The molecule has 0 bridgehead atoms. The second kappa shape index (κ2) is 8.80. The number of hydrogen-bond acceptors (Lipinski definition) is 6. The minimum atomic E-state index is -0.492. The number of hydrogen-bond donors (Lipinski definition) is 1. The number of anilines is 1. The van der Waals surface area contributed by atoms with Gasteiger partial charge < -0.3 is 5.32 Å². The normalized spacial score (nSPS) is 12.1. The summed E-state index contributed by atoms with van der Waals surface area (Å²) in [7, 11) is 0. The van der Waals surface area contributed by atoms with Gasteiger partial charge in [0.15, 0.2) is 10.9 Å². The molecule has 1 atom stereocenters. The summed E-state index contributed by atoms with van der Waals surface area (Å²) in [6.07, 6.45) is 1.63. The van der Waals surface area contributed by atoms with Gasteiger partial charge in [0.25, 0.3) is 5.56 Å². The largest absolute Gasteiger partial charge is 0.325 e. The first-order valence-corrected chi connectivity index (χ1v) is 10.8. The van der Waals surface area contributed by atoms with Crippen LogP contribution in [0, 0.1) is 0 Å². The van der Waals surface area contributed by atoms with Gasteiger partial charge in [0.2, 0.25) is 11.7 Å². The SMILES string of the molecule is C=CCn1c(=O)c2ccccc2n2c(SC(C)C(=O)Nc3ccc(C(C)=O)cc3)nnc12. The van der Waals surface area contributed by atoms with Gasteiger partial charge in [0.05, 0.1) is 16.2 Å². The number of thioether (sulfide) groups is 1. The highest BCUT2D eigenvalue weighted by molar-refractivity contribution is 8.00. The Hall–Kier alpha value is -3.72. The Morgan fingerprint density at radius 1 is 1.16 bits per heavy atom. The summed E-state index contributed by atoms with van der Waals surface area (Å²) >= 11 is 1.24. The van der Waals surface area contributed by atoms with Crippen LogP contribution in [0.25, 0.3) is 16.7 Å². The topological polar surface area (TPSA) is 98.4 Å². The third-order valence-corrected chi connectivity index (χ3v) is 6.04. The molecular formula is C23H21N5O3S. The molecule has 0 aliphatic carbocycles. The summed E-state index contributed by atoms with van der Waals surface area (Å²) in [6.45, 7) is 7.28. The van der Waals surface area contributed by atoms with Crippen molar-refractivity contribution in [3.05, 3.63) is 77.1 Å². The van der Waals surface area contributed by atoms with Gasteiger partial charge in [-0.15, -0.1) is 16.8 Å². The smallest absolute Gasteiger partial charge is 0.263 e. The van der Waals surface area contributed by atoms with Crippen LogP contribution in [0.4, 0.5) is 5.69 Å². The molecule has 0 spiro atoms. The quantitative estimate of drug-likeness (QED) is 0.264. The van der Waals surface area contributed by atoms with Gasteiger partial charge in [-0.3, -0.25) is 23.4 Å². The van der Waals surface area contributed by atoms with Crippen molar-refractivity contribution >= 4 is 45.8 Å². The van der Waals surface area contributed by atoms with Crippen LogP contribution in [0.1, 0.15) is 24.2 Å². The van der Waals surface area contributed by atoms with E-state index in [1.807, 2.05) is 12.1 Å². The maximum atomic E-state index is 12.9. The number of Topliss-reactive ketones (excluding diaryl/α,β-unsaturated/α-hetero) is 1. The maximum absolute atomic E-state index is 12.9. The first-order valence-electron chi connectivity index (χ1n) is 9.96. The van der Waals surface area contributed by atoms with E-state index in [4.69, 9.17) is 0 Å². The van der Waals surface area contributed by atoms with Gasteiger partial charge in [-0.1, -0.05) is 30.0 Å². The zero-order chi connectivity index (χ0) is 22.8. The van der Waals surface area contributed by atoms with Crippen molar-refractivity contribution in [1.82, 2.24) is 19.2 Å². The molecule has 32 heavy (non-hydrogen) atoms. The van der Waals surface area contributed by atoms with Crippen molar-refractivity contribution in [3.8, 4) is 0 Å². The molecular weight excluding hydrogens is 426 g/mol. The summed E-state index contributed by atoms with van der Waals surface area (Å²) in [5.74, 6) is 0.141. The zero-order valence-corrected chi connectivity index (χ0v) is 18.4. The minimum Gasteiger partial charge on any atom is -0.325 e. The van der Waals surface area contributed by atoms with Crippen LogP contribution in [0.2, 0.25) is 0 Å². The Balaban J connectivity index is 1.65. The lowest BCUT2D eigenvalue weighted by Crippen LogP contribution is -2.24. The Kier molecular flexibility index (Phi) is 5.91. The molecule has 4 aromatic rings. The Labute approximate surface area is 188 Å². The Morgan fingerprint density at radius 3 is 2.56 bits per heavy atom. The summed E-state index contributed by atoms with van der Waals surface area (Å²) in [4.78, 5) is 37.1. The molecule has 4 rings (SSSR count). The molecule has 8 nitrogen and oxygen atoms in total. The number of fused-ring (bicyclic) bond motifs is 3. The molecule has 0 saturated carbocycles. The van der Waals surface area contributed by atoms with E-state index in [1.54, 1.807) is 53.8 Å². The highest BCUT2D eigenvalue weighted by atomic mass is 32.2. The first kappa shape index (κ1) is 21.5. The van der Waals surface area contributed by atoms with Crippen molar-refractivity contribution in [2.24, 2.45) is 0 Å². The van der Waals surface area contributed by atoms with Gasteiger partial charge >= 0.3 is 0 Å². The van der Waals surface area contributed by atoms with E-state index in [0.717, 1.165) is 0 Å². The summed E-state index contributed by atoms with van der Waals surface area (Å²) in [5.41, 5.74) is 1.69. The number of rotatable bonds is 7.